The van der Waals surface area contributed by atoms with Crippen molar-refractivity contribution in [2.24, 2.45) is 0 Å². The Bertz CT molecular complexity index is 1080. The summed E-state index contributed by atoms with van der Waals surface area (Å²) in [7, 11) is -3.75. The summed E-state index contributed by atoms with van der Waals surface area (Å²) in [5.74, 6) is -0.0716. The summed E-state index contributed by atoms with van der Waals surface area (Å²) >= 11 is 0. The van der Waals surface area contributed by atoms with Gasteiger partial charge in [0.15, 0.2) is 0 Å². The fourth-order valence-electron chi connectivity index (χ4n) is 3.53. The van der Waals surface area contributed by atoms with E-state index in [0.717, 1.165) is 12.0 Å². The van der Waals surface area contributed by atoms with Crippen molar-refractivity contribution >= 4 is 15.7 Å². The van der Waals surface area contributed by atoms with Gasteiger partial charge in [-0.05, 0) is 24.0 Å². The third-order valence-corrected chi connectivity index (χ3v) is 6.35. The molecule has 1 fully saturated rings. The fourth-order valence-corrected chi connectivity index (χ4v) is 4.66. The molecule has 1 atom stereocenters. The molecule has 0 N–H and O–H groups in total. The first-order valence-electron chi connectivity index (χ1n) is 9.46. The van der Waals surface area contributed by atoms with Crippen molar-refractivity contribution in [3.63, 3.8) is 0 Å². The van der Waals surface area contributed by atoms with Gasteiger partial charge in [-0.25, -0.2) is 8.42 Å². The smallest absolute Gasteiger partial charge is 0.335 e. The van der Waals surface area contributed by atoms with E-state index in [9.17, 15) is 13.2 Å². The zero-order valence-electron chi connectivity index (χ0n) is 15.8. The maximum absolute atomic E-state index is 12.8. The van der Waals surface area contributed by atoms with Crippen molar-refractivity contribution in [2.75, 3.05) is 6.54 Å². The molecule has 0 unspecified atom stereocenters. The minimum Gasteiger partial charge on any atom is -0.410 e. The zero-order valence-corrected chi connectivity index (χ0v) is 16.6. The zero-order chi connectivity index (χ0) is 20.3. The van der Waals surface area contributed by atoms with E-state index in [-0.39, 0.29) is 30.0 Å². The molecule has 0 radical (unpaired) electrons. The molecule has 1 amide bonds. The molecule has 3 aromatic rings. The second kappa shape index (κ2) is 8.16. The molecule has 8 heteroatoms. The fraction of sp³-hybridized carbons (Fsp3) is 0.286. The molecule has 1 aromatic heterocycles. The van der Waals surface area contributed by atoms with E-state index in [0.29, 0.717) is 18.5 Å². The van der Waals surface area contributed by atoms with E-state index in [1.165, 1.54) is 0 Å². The van der Waals surface area contributed by atoms with Crippen LogP contribution in [0.3, 0.4) is 0 Å². The molecular formula is C21H21N3O4S. The van der Waals surface area contributed by atoms with E-state index in [2.05, 4.69) is 10.2 Å². The van der Waals surface area contributed by atoms with Gasteiger partial charge in [-0.15, -0.1) is 5.10 Å². The van der Waals surface area contributed by atoms with Crippen LogP contribution < -0.4 is 0 Å². The summed E-state index contributed by atoms with van der Waals surface area (Å²) in [6.07, 6.45) is 1.76. The highest BCUT2D eigenvalue weighted by Crippen LogP contribution is 2.32. The maximum atomic E-state index is 12.8. The van der Waals surface area contributed by atoms with Gasteiger partial charge in [0.05, 0.1) is 12.2 Å². The van der Waals surface area contributed by atoms with Crippen molar-refractivity contribution in [1.29, 1.82) is 0 Å². The number of aromatic nitrogens is 2. The standard InChI is InChI=1S/C21H21N3O4S/c25-19(14-16-8-3-1-4-9-16)24-13-7-12-18(24)20-22-23-21(28-20)29(26,27)15-17-10-5-2-6-11-17/h1-6,8-11,18H,7,12-15H2/t18-/m0/s1. The number of hydrogen-bond donors (Lipinski definition) is 0. The van der Waals surface area contributed by atoms with Crippen LogP contribution in [-0.4, -0.2) is 36.0 Å². The van der Waals surface area contributed by atoms with Crippen LogP contribution in [0.25, 0.3) is 0 Å². The number of nitrogens with zero attached hydrogens (tertiary/aromatic N) is 3. The van der Waals surface area contributed by atoms with Crippen LogP contribution >= 0.6 is 0 Å². The molecule has 0 aliphatic carbocycles. The second-order valence-electron chi connectivity index (χ2n) is 7.06. The Morgan fingerprint density at radius 3 is 2.34 bits per heavy atom. The van der Waals surface area contributed by atoms with Gasteiger partial charge in [-0.3, -0.25) is 4.79 Å². The molecule has 0 spiro atoms. The molecule has 150 valence electrons. The van der Waals surface area contributed by atoms with Gasteiger partial charge in [-0.2, -0.15) is 0 Å². The number of hydrogen-bond acceptors (Lipinski definition) is 6. The molecule has 7 nitrogen and oxygen atoms in total. The molecule has 2 heterocycles. The van der Waals surface area contributed by atoms with Crippen LogP contribution in [0.4, 0.5) is 0 Å². The van der Waals surface area contributed by atoms with E-state index in [1.807, 2.05) is 36.4 Å². The second-order valence-corrected chi connectivity index (χ2v) is 8.93. The van der Waals surface area contributed by atoms with Crippen molar-refractivity contribution in [2.45, 2.75) is 36.3 Å². The summed E-state index contributed by atoms with van der Waals surface area (Å²) in [6.45, 7) is 0.588. The topological polar surface area (TPSA) is 93.4 Å². The van der Waals surface area contributed by atoms with Crippen LogP contribution in [0.5, 0.6) is 0 Å². The number of benzene rings is 2. The van der Waals surface area contributed by atoms with Gasteiger partial charge >= 0.3 is 5.22 Å². The molecule has 4 rings (SSSR count). The van der Waals surface area contributed by atoms with Gasteiger partial charge in [-0.1, -0.05) is 65.8 Å². The minimum absolute atomic E-state index is 0.0365. The number of likely N-dealkylation sites (tertiary alicyclic amines) is 1. The Morgan fingerprint density at radius 1 is 1.00 bits per heavy atom. The average Bonchev–Trinajstić information content (AvgIpc) is 3.39. The predicted octanol–water partition coefficient (Wildman–Crippen LogP) is 2.95. The van der Waals surface area contributed by atoms with Gasteiger partial charge in [0.25, 0.3) is 0 Å². The lowest BCUT2D eigenvalue weighted by atomic mass is 10.1. The minimum atomic E-state index is -3.75. The lowest BCUT2D eigenvalue weighted by Crippen LogP contribution is -2.32. The highest BCUT2D eigenvalue weighted by Gasteiger charge is 2.35. The Kier molecular flexibility index (Phi) is 5.44. The van der Waals surface area contributed by atoms with E-state index in [1.54, 1.807) is 29.2 Å². The number of carbonyl (C=O) groups is 1. The van der Waals surface area contributed by atoms with Gasteiger partial charge in [0, 0.05) is 6.54 Å². The van der Waals surface area contributed by atoms with Crippen molar-refractivity contribution in [3.8, 4) is 0 Å². The Hall–Kier alpha value is -3.00. The SMILES string of the molecule is O=C(Cc1ccccc1)N1CCC[C@H]1c1nnc(S(=O)(=O)Cc2ccccc2)o1. The van der Waals surface area contributed by atoms with Gasteiger partial charge in [0.1, 0.15) is 6.04 Å². The summed E-state index contributed by atoms with van der Waals surface area (Å²) < 4.78 is 30.8. The van der Waals surface area contributed by atoms with Crippen LogP contribution in [0.15, 0.2) is 70.3 Å². The average molecular weight is 411 g/mol. The number of amides is 1. The Balaban J connectivity index is 1.50. The maximum Gasteiger partial charge on any atom is 0.335 e. The number of rotatable bonds is 6. The van der Waals surface area contributed by atoms with Crippen LogP contribution in [0, 0.1) is 0 Å². The van der Waals surface area contributed by atoms with E-state index >= 15 is 0 Å². The third-order valence-electron chi connectivity index (χ3n) is 4.94. The monoisotopic (exact) mass is 411 g/mol. The molecule has 29 heavy (non-hydrogen) atoms. The Morgan fingerprint density at radius 2 is 1.66 bits per heavy atom. The van der Waals surface area contributed by atoms with Gasteiger partial charge < -0.3 is 9.32 Å². The molecule has 1 aliphatic heterocycles. The summed E-state index contributed by atoms with van der Waals surface area (Å²) in [4.78, 5) is 14.5. The number of carbonyl (C=O) groups excluding carboxylic acids is 1. The highest BCUT2D eigenvalue weighted by atomic mass is 32.2. The molecule has 1 saturated heterocycles. The third kappa shape index (κ3) is 4.37. The summed E-state index contributed by atoms with van der Waals surface area (Å²) in [5.41, 5.74) is 1.58. The summed E-state index contributed by atoms with van der Waals surface area (Å²) in [5, 5.41) is 7.32. The largest absolute Gasteiger partial charge is 0.410 e. The lowest BCUT2D eigenvalue weighted by Gasteiger charge is -2.22. The lowest BCUT2D eigenvalue weighted by molar-refractivity contribution is -0.131. The molecule has 0 bridgehead atoms. The predicted molar refractivity (Wildman–Crippen MR) is 105 cm³/mol. The first-order valence-corrected chi connectivity index (χ1v) is 11.1. The molecular weight excluding hydrogens is 390 g/mol. The molecule has 0 saturated carbocycles. The van der Waals surface area contributed by atoms with E-state index in [4.69, 9.17) is 4.42 Å². The Labute approximate surface area is 169 Å². The van der Waals surface area contributed by atoms with Crippen molar-refractivity contribution in [3.05, 3.63) is 77.7 Å². The normalized spacial score (nSPS) is 16.8. The molecule has 1 aliphatic rings. The van der Waals surface area contributed by atoms with Crippen LogP contribution in [0.2, 0.25) is 0 Å². The van der Waals surface area contributed by atoms with Crippen molar-refractivity contribution < 1.29 is 17.6 Å². The highest BCUT2D eigenvalue weighted by molar-refractivity contribution is 7.90. The van der Waals surface area contributed by atoms with Crippen molar-refractivity contribution in [1.82, 2.24) is 15.1 Å². The first kappa shape index (κ1) is 19.3. The summed E-state index contributed by atoms with van der Waals surface area (Å²) in [6, 6.07) is 18.0. The van der Waals surface area contributed by atoms with Gasteiger partial charge in [0.2, 0.25) is 21.6 Å². The molecule has 2 aromatic carbocycles. The van der Waals surface area contributed by atoms with E-state index < -0.39 is 15.1 Å². The first-order chi connectivity index (χ1) is 14.0. The van der Waals surface area contributed by atoms with Crippen LogP contribution in [0.1, 0.15) is 35.9 Å². The number of sulfone groups is 1. The van der Waals surface area contributed by atoms with Crippen LogP contribution in [-0.2, 0) is 26.8 Å². The quantitative estimate of drug-likeness (QED) is 0.619.